The smallest absolute Gasteiger partial charge is 0.470 e. The summed E-state index contributed by atoms with van der Waals surface area (Å²) in [6, 6.07) is 8.06. The number of esters is 1. The number of hydrogen-bond acceptors (Lipinski definition) is 7. The first kappa shape index (κ1) is 26.7. The van der Waals surface area contributed by atoms with Gasteiger partial charge in [0.2, 0.25) is 5.76 Å². The molecule has 0 aromatic heterocycles. The summed E-state index contributed by atoms with van der Waals surface area (Å²) < 4.78 is 59.5. The molecule has 3 rings (SSSR count). The highest BCUT2D eigenvalue weighted by molar-refractivity contribution is 9.10. The summed E-state index contributed by atoms with van der Waals surface area (Å²) in [4.78, 5) is 30.8. The number of aliphatic hydroxyl groups is 1. The molecule has 34 heavy (non-hydrogen) atoms. The number of carbonyl (C=O) groups is 1. The minimum atomic E-state index is -5.08. The van der Waals surface area contributed by atoms with Crippen molar-refractivity contribution in [2.24, 2.45) is 0 Å². The highest BCUT2D eigenvalue weighted by atomic mass is 79.9. The van der Waals surface area contributed by atoms with Gasteiger partial charge in [0.15, 0.2) is 11.9 Å². The molecule has 2 aromatic rings. The average molecular weight is 630 g/mol. The minimum Gasteiger partial charge on any atom is -0.485 e. The fourth-order valence-electron chi connectivity index (χ4n) is 2.91. The van der Waals surface area contributed by atoms with Crippen molar-refractivity contribution >= 4 is 45.7 Å². The lowest BCUT2D eigenvalue weighted by Gasteiger charge is -2.23. The molecule has 1 aliphatic heterocycles. The van der Waals surface area contributed by atoms with E-state index in [4.69, 9.17) is 24.0 Å². The van der Waals surface area contributed by atoms with E-state index in [-0.39, 0.29) is 27.9 Å². The molecule has 14 heteroatoms. The van der Waals surface area contributed by atoms with Crippen molar-refractivity contribution in [3.05, 3.63) is 79.6 Å². The van der Waals surface area contributed by atoms with Crippen LogP contribution in [0, 0.1) is 11.6 Å². The second-order valence-corrected chi connectivity index (χ2v) is 9.81. The van der Waals surface area contributed by atoms with Gasteiger partial charge >= 0.3 is 13.8 Å². The molecule has 2 aromatic carbocycles. The molecular formula is C20H17Br2F2O9P. The molecule has 0 aliphatic carbocycles. The van der Waals surface area contributed by atoms with Gasteiger partial charge in [-0.15, -0.1) is 0 Å². The lowest BCUT2D eigenvalue weighted by molar-refractivity contribution is -0.148. The Hall–Kier alpha value is -1.86. The maximum absolute atomic E-state index is 13.5. The SMILES string of the molecule is O=C1O[C@@H]([C@H](CO)OP(=O)(O)O)C(OCc2ccc(F)c(Br)c2)=C1OCc1ccc(F)c(Br)c1. The Morgan fingerprint density at radius 2 is 1.53 bits per heavy atom. The van der Waals surface area contributed by atoms with Gasteiger partial charge in [-0.1, -0.05) is 12.1 Å². The summed E-state index contributed by atoms with van der Waals surface area (Å²) in [7, 11) is -5.08. The molecule has 0 fully saturated rings. The third kappa shape index (κ3) is 6.85. The van der Waals surface area contributed by atoms with Crippen molar-refractivity contribution in [2.75, 3.05) is 6.61 Å². The largest absolute Gasteiger partial charge is 0.485 e. The summed E-state index contributed by atoms with van der Waals surface area (Å²) in [6.45, 7) is -1.37. The first-order valence-corrected chi connectivity index (χ1v) is 12.5. The van der Waals surface area contributed by atoms with Crippen LogP contribution in [0.5, 0.6) is 0 Å². The lowest BCUT2D eigenvalue weighted by Crippen LogP contribution is -2.34. The van der Waals surface area contributed by atoms with Crippen LogP contribution in [0.4, 0.5) is 8.78 Å². The number of phosphoric acid groups is 1. The minimum absolute atomic E-state index is 0.161. The normalized spacial score (nSPS) is 17.0. The van der Waals surface area contributed by atoms with E-state index in [1.54, 1.807) is 0 Å². The van der Waals surface area contributed by atoms with Gasteiger partial charge in [-0.2, -0.15) is 0 Å². The van der Waals surface area contributed by atoms with Crippen LogP contribution < -0.4 is 0 Å². The summed E-state index contributed by atoms with van der Waals surface area (Å²) in [5.74, 6) is -2.77. The van der Waals surface area contributed by atoms with Crippen molar-refractivity contribution in [3.8, 4) is 0 Å². The summed E-state index contributed by atoms with van der Waals surface area (Å²) >= 11 is 6.09. The van der Waals surface area contributed by atoms with E-state index in [0.29, 0.717) is 11.1 Å². The predicted molar refractivity (Wildman–Crippen MR) is 119 cm³/mol. The molecule has 0 spiro atoms. The predicted octanol–water partition coefficient (Wildman–Crippen LogP) is 3.83. The van der Waals surface area contributed by atoms with Gasteiger partial charge in [0.25, 0.3) is 0 Å². The van der Waals surface area contributed by atoms with Crippen LogP contribution in [-0.4, -0.2) is 39.7 Å². The van der Waals surface area contributed by atoms with Crippen LogP contribution in [0.3, 0.4) is 0 Å². The maximum Gasteiger partial charge on any atom is 0.470 e. The monoisotopic (exact) mass is 628 g/mol. The Morgan fingerprint density at radius 1 is 1.00 bits per heavy atom. The Labute approximate surface area is 208 Å². The molecule has 0 bridgehead atoms. The number of halogens is 4. The summed E-state index contributed by atoms with van der Waals surface area (Å²) in [5, 5.41) is 9.59. The van der Waals surface area contributed by atoms with Crippen molar-refractivity contribution in [2.45, 2.75) is 25.4 Å². The average Bonchev–Trinajstić information content (AvgIpc) is 3.08. The van der Waals surface area contributed by atoms with Crippen LogP contribution in [0.1, 0.15) is 11.1 Å². The van der Waals surface area contributed by atoms with Gasteiger partial charge < -0.3 is 29.1 Å². The molecular weight excluding hydrogens is 613 g/mol. The fourth-order valence-corrected chi connectivity index (χ4v) is 4.29. The molecule has 0 amide bonds. The van der Waals surface area contributed by atoms with Crippen molar-refractivity contribution in [1.82, 2.24) is 0 Å². The number of carbonyl (C=O) groups excluding carboxylic acids is 1. The van der Waals surface area contributed by atoms with Gasteiger partial charge in [0.05, 0.1) is 15.6 Å². The van der Waals surface area contributed by atoms with E-state index in [0.717, 1.165) is 0 Å². The molecule has 2 atom stereocenters. The fraction of sp³-hybridized carbons (Fsp3) is 0.250. The second-order valence-electron chi connectivity index (χ2n) is 6.91. The van der Waals surface area contributed by atoms with Crippen LogP contribution in [-0.2, 0) is 41.3 Å². The van der Waals surface area contributed by atoms with Crippen LogP contribution >= 0.6 is 39.7 Å². The van der Waals surface area contributed by atoms with Gasteiger partial charge in [0.1, 0.15) is 31.0 Å². The molecule has 1 heterocycles. The molecule has 0 radical (unpaired) electrons. The van der Waals surface area contributed by atoms with E-state index in [1.807, 2.05) is 0 Å². The Balaban J connectivity index is 1.89. The van der Waals surface area contributed by atoms with Gasteiger partial charge in [-0.3, -0.25) is 4.52 Å². The van der Waals surface area contributed by atoms with Gasteiger partial charge in [-0.05, 0) is 67.3 Å². The molecule has 1 aliphatic rings. The first-order chi connectivity index (χ1) is 16.0. The number of phosphoric ester groups is 1. The van der Waals surface area contributed by atoms with E-state index < -0.39 is 50.0 Å². The van der Waals surface area contributed by atoms with Gasteiger partial charge in [-0.25, -0.2) is 18.1 Å². The topological polar surface area (TPSA) is 132 Å². The molecule has 0 unspecified atom stereocenters. The Bertz CT molecular complexity index is 1150. The summed E-state index contributed by atoms with van der Waals surface area (Å²) in [5.41, 5.74) is 0.946. The Kier molecular flexibility index (Phi) is 8.85. The number of ether oxygens (including phenoxy) is 3. The van der Waals surface area contributed by atoms with E-state index in [9.17, 15) is 23.2 Å². The molecule has 3 N–H and O–H groups in total. The zero-order valence-corrected chi connectivity index (χ0v) is 21.1. The zero-order valence-electron chi connectivity index (χ0n) is 17.0. The number of cyclic esters (lactones) is 1. The third-order valence-corrected chi connectivity index (χ3v) is 6.20. The Morgan fingerprint density at radius 3 is 2.00 bits per heavy atom. The number of hydrogen-bond donors (Lipinski definition) is 3. The highest BCUT2D eigenvalue weighted by Crippen LogP contribution is 2.41. The summed E-state index contributed by atoms with van der Waals surface area (Å²) in [6.07, 6.45) is -3.23. The van der Waals surface area contributed by atoms with E-state index >= 15 is 0 Å². The van der Waals surface area contributed by atoms with E-state index in [1.165, 1.54) is 36.4 Å². The van der Waals surface area contributed by atoms with Crippen LogP contribution in [0.15, 0.2) is 56.9 Å². The second kappa shape index (κ2) is 11.3. The maximum atomic E-state index is 13.5. The first-order valence-electron chi connectivity index (χ1n) is 9.42. The molecule has 9 nitrogen and oxygen atoms in total. The standard InChI is InChI=1S/C20H17Br2F2O9P/c21-12-5-10(1-3-14(12)23)8-30-18-17(16(7-25)33-34(27,28)29)32-20(26)19(18)31-9-11-2-4-15(24)13(22)6-11/h1-6,16-17,25H,7-9H2,(H2,27,28,29)/t16-,17-/m0/s1. The van der Waals surface area contributed by atoms with Crippen molar-refractivity contribution in [1.29, 1.82) is 0 Å². The quantitative estimate of drug-likeness (QED) is 0.265. The third-order valence-electron chi connectivity index (χ3n) is 4.44. The van der Waals surface area contributed by atoms with Crippen molar-refractivity contribution in [3.63, 3.8) is 0 Å². The van der Waals surface area contributed by atoms with Crippen LogP contribution in [0.25, 0.3) is 0 Å². The van der Waals surface area contributed by atoms with E-state index in [2.05, 4.69) is 36.4 Å². The highest BCUT2D eigenvalue weighted by Gasteiger charge is 2.45. The molecule has 0 saturated carbocycles. The van der Waals surface area contributed by atoms with Crippen LogP contribution in [0.2, 0.25) is 0 Å². The number of rotatable bonds is 10. The molecule has 184 valence electrons. The molecule has 0 saturated heterocycles. The number of benzene rings is 2. The van der Waals surface area contributed by atoms with Gasteiger partial charge in [0, 0.05) is 0 Å². The lowest BCUT2D eigenvalue weighted by atomic mass is 10.1. The number of aliphatic hydroxyl groups excluding tert-OH is 1. The zero-order chi connectivity index (χ0) is 25.0. The van der Waals surface area contributed by atoms with Crippen molar-refractivity contribution < 1.29 is 51.8 Å².